The summed E-state index contributed by atoms with van der Waals surface area (Å²) in [4.78, 5) is 4.78. The van der Waals surface area contributed by atoms with Crippen LogP contribution in [-0.2, 0) is 13.0 Å². The van der Waals surface area contributed by atoms with Crippen LogP contribution < -0.4 is 0 Å². The summed E-state index contributed by atoms with van der Waals surface area (Å²) < 4.78 is 2.30. The highest BCUT2D eigenvalue weighted by Crippen LogP contribution is 2.20. The maximum Gasteiger partial charge on any atom is 0.114 e. The van der Waals surface area contributed by atoms with Gasteiger partial charge in [0.1, 0.15) is 5.82 Å². The van der Waals surface area contributed by atoms with Crippen LogP contribution >= 0.6 is 0 Å². The number of imidazole rings is 1. The van der Waals surface area contributed by atoms with E-state index in [1.54, 1.807) is 0 Å². The lowest BCUT2D eigenvalue weighted by Gasteiger charge is -2.08. The average Bonchev–Trinajstić information content (AvgIpc) is 2.90. The van der Waals surface area contributed by atoms with Gasteiger partial charge in [-0.2, -0.15) is 5.26 Å². The molecule has 1 heterocycles. The van der Waals surface area contributed by atoms with E-state index in [2.05, 4.69) is 41.8 Å². The number of aryl methyl sites for hydroxylation is 1. The molecule has 1 aromatic heterocycles. The molecule has 0 radical (unpaired) electrons. The number of fused-ring (bicyclic) bond motifs is 1. The van der Waals surface area contributed by atoms with Gasteiger partial charge in [0.2, 0.25) is 0 Å². The summed E-state index contributed by atoms with van der Waals surface area (Å²) in [6.45, 7) is 3.17. The van der Waals surface area contributed by atoms with Gasteiger partial charge < -0.3 is 4.57 Å². The van der Waals surface area contributed by atoms with Gasteiger partial charge in [0.05, 0.1) is 22.7 Å². The largest absolute Gasteiger partial charge is 0.328 e. The van der Waals surface area contributed by atoms with Crippen molar-refractivity contribution in [1.82, 2.24) is 9.55 Å². The zero-order valence-electron chi connectivity index (χ0n) is 12.8. The Morgan fingerprint density at radius 3 is 2.68 bits per heavy atom. The van der Waals surface area contributed by atoms with Crippen molar-refractivity contribution in [3.63, 3.8) is 0 Å². The molecule has 0 amide bonds. The Morgan fingerprint density at radius 2 is 1.95 bits per heavy atom. The molecule has 0 aliphatic heterocycles. The second kappa shape index (κ2) is 6.44. The molecule has 3 heteroatoms. The van der Waals surface area contributed by atoms with E-state index in [9.17, 15) is 0 Å². The van der Waals surface area contributed by atoms with Gasteiger partial charge in [-0.1, -0.05) is 43.7 Å². The van der Waals surface area contributed by atoms with Crippen LogP contribution in [-0.4, -0.2) is 9.55 Å². The molecule has 3 nitrogen and oxygen atoms in total. The first-order valence-electron chi connectivity index (χ1n) is 7.75. The Kier molecular flexibility index (Phi) is 4.20. The molecule has 0 aliphatic carbocycles. The Bertz CT molecular complexity index is 810. The van der Waals surface area contributed by atoms with Crippen LogP contribution in [0.25, 0.3) is 11.0 Å². The summed E-state index contributed by atoms with van der Waals surface area (Å²) in [5, 5.41) is 9.07. The Labute approximate surface area is 130 Å². The number of nitriles is 1. The summed E-state index contributed by atoms with van der Waals surface area (Å²) in [5.41, 5.74) is 3.97. The number of hydrogen-bond acceptors (Lipinski definition) is 2. The summed E-state index contributed by atoms with van der Waals surface area (Å²) in [7, 11) is 0. The molecule has 3 aromatic rings. The van der Waals surface area contributed by atoms with Crippen LogP contribution in [0.2, 0.25) is 0 Å². The number of nitrogens with zero attached hydrogens (tertiary/aromatic N) is 3. The van der Waals surface area contributed by atoms with Crippen molar-refractivity contribution < 1.29 is 0 Å². The molecule has 0 saturated heterocycles. The fourth-order valence-electron chi connectivity index (χ4n) is 2.73. The van der Waals surface area contributed by atoms with E-state index in [1.165, 1.54) is 5.56 Å². The molecule has 0 unspecified atom stereocenters. The van der Waals surface area contributed by atoms with E-state index in [1.807, 2.05) is 24.3 Å². The SMILES string of the molecule is CCCCn1c(Cc2ccccc2)nc2cc(C#N)ccc21. The van der Waals surface area contributed by atoms with E-state index in [-0.39, 0.29) is 0 Å². The van der Waals surface area contributed by atoms with Crippen LogP contribution in [0, 0.1) is 11.3 Å². The first-order chi connectivity index (χ1) is 10.8. The molecule has 3 rings (SSSR count). The Morgan fingerprint density at radius 1 is 1.14 bits per heavy atom. The highest BCUT2D eigenvalue weighted by molar-refractivity contribution is 5.77. The third-order valence-corrected chi connectivity index (χ3v) is 3.90. The van der Waals surface area contributed by atoms with Gasteiger partial charge in [0.15, 0.2) is 0 Å². The maximum absolute atomic E-state index is 9.07. The Balaban J connectivity index is 2.05. The summed E-state index contributed by atoms with van der Waals surface area (Å²) in [6.07, 6.45) is 3.11. The van der Waals surface area contributed by atoms with E-state index >= 15 is 0 Å². The number of hydrogen-bond donors (Lipinski definition) is 0. The zero-order valence-corrected chi connectivity index (χ0v) is 12.8. The van der Waals surface area contributed by atoms with Crippen LogP contribution in [0.4, 0.5) is 0 Å². The molecule has 0 N–H and O–H groups in total. The zero-order chi connectivity index (χ0) is 15.4. The molecule has 0 spiro atoms. The van der Waals surface area contributed by atoms with Crippen molar-refractivity contribution in [2.75, 3.05) is 0 Å². The average molecular weight is 289 g/mol. The molecule has 0 fully saturated rings. The predicted octanol–water partition coefficient (Wildman–Crippen LogP) is 4.30. The van der Waals surface area contributed by atoms with E-state index in [0.29, 0.717) is 5.56 Å². The van der Waals surface area contributed by atoms with Crippen molar-refractivity contribution in [2.24, 2.45) is 0 Å². The lowest BCUT2D eigenvalue weighted by Crippen LogP contribution is -2.04. The fraction of sp³-hybridized carbons (Fsp3) is 0.263. The quantitative estimate of drug-likeness (QED) is 0.702. The summed E-state index contributed by atoms with van der Waals surface area (Å²) in [5.74, 6) is 1.07. The topological polar surface area (TPSA) is 41.6 Å². The Hall–Kier alpha value is -2.60. The molecule has 22 heavy (non-hydrogen) atoms. The van der Waals surface area contributed by atoms with Crippen molar-refractivity contribution in [3.8, 4) is 6.07 Å². The standard InChI is InChI=1S/C19H19N3/c1-2-3-11-22-18-10-9-16(14-20)12-17(18)21-19(22)13-15-7-5-4-6-8-15/h4-10,12H,2-3,11,13H2,1H3. The third kappa shape index (κ3) is 2.87. The highest BCUT2D eigenvalue weighted by atomic mass is 15.1. The van der Waals surface area contributed by atoms with Crippen LogP contribution in [0.5, 0.6) is 0 Å². The molecule has 0 aliphatic rings. The molecule has 110 valence electrons. The van der Waals surface area contributed by atoms with Gasteiger partial charge in [0, 0.05) is 13.0 Å². The molecule has 2 aromatic carbocycles. The molecule has 0 bridgehead atoms. The minimum Gasteiger partial charge on any atom is -0.328 e. The van der Waals surface area contributed by atoms with E-state index in [0.717, 1.165) is 42.7 Å². The van der Waals surface area contributed by atoms with Gasteiger partial charge in [-0.15, -0.1) is 0 Å². The molecule has 0 saturated carbocycles. The minimum absolute atomic E-state index is 0.666. The highest BCUT2D eigenvalue weighted by Gasteiger charge is 2.11. The third-order valence-electron chi connectivity index (χ3n) is 3.90. The van der Waals surface area contributed by atoms with Crippen molar-refractivity contribution >= 4 is 11.0 Å². The van der Waals surface area contributed by atoms with Gasteiger partial charge in [-0.25, -0.2) is 4.98 Å². The van der Waals surface area contributed by atoms with Crippen LogP contribution in [0.3, 0.4) is 0 Å². The normalized spacial score (nSPS) is 10.7. The number of aromatic nitrogens is 2. The van der Waals surface area contributed by atoms with Crippen LogP contribution in [0.1, 0.15) is 36.7 Å². The molecular weight excluding hydrogens is 270 g/mol. The lowest BCUT2D eigenvalue weighted by molar-refractivity contribution is 0.623. The van der Waals surface area contributed by atoms with Gasteiger partial charge >= 0.3 is 0 Å². The smallest absolute Gasteiger partial charge is 0.114 e. The van der Waals surface area contributed by atoms with Crippen LogP contribution in [0.15, 0.2) is 48.5 Å². The predicted molar refractivity (Wildman–Crippen MR) is 88.6 cm³/mol. The van der Waals surface area contributed by atoms with Crippen molar-refractivity contribution in [1.29, 1.82) is 5.26 Å². The second-order valence-corrected chi connectivity index (χ2v) is 5.51. The first-order valence-corrected chi connectivity index (χ1v) is 7.75. The van der Waals surface area contributed by atoms with Gasteiger partial charge in [-0.3, -0.25) is 0 Å². The number of unbranched alkanes of at least 4 members (excludes halogenated alkanes) is 1. The van der Waals surface area contributed by atoms with Crippen molar-refractivity contribution in [3.05, 3.63) is 65.5 Å². The van der Waals surface area contributed by atoms with Gasteiger partial charge in [0.25, 0.3) is 0 Å². The molecule has 0 atom stereocenters. The van der Waals surface area contributed by atoms with Crippen molar-refractivity contribution in [2.45, 2.75) is 32.7 Å². The number of rotatable bonds is 5. The fourth-order valence-corrected chi connectivity index (χ4v) is 2.73. The number of benzene rings is 2. The van der Waals surface area contributed by atoms with E-state index in [4.69, 9.17) is 10.2 Å². The lowest BCUT2D eigenvalue weighted by atomic mass is 10.1. The first kappa shape index (κ1) is 14.3. The second-order valence-electron chi connectivity index (χ2n) is 5.51. The maximum atomic E-state index is 9.07. The minimum atomic E-state index is 0.666. The van der Waals surface area contributed by atoms with Gasteiger partial charge in [-0.05, 0) is 30.2 Å². The monoisotopic (exact) mass is 289 g/mol. The molecular formula is C19H19N3. The summed E-state index contributed by atoms with van der Waals surface area (Å²) in [6, 6.07) is 18.4. The van der Waals surface area contributed by atoms with E-state index < -0.39 is 0 Å². The summed E-state index contributed by atoms with van der Waals surface area (Å²) >= 11 is 0.